The Morgan fingerprint density at radius 3 is 2.76 bits per heavy atom. The van der Waals surface area contributed by atoms with Crippen molar-refractivity contribution in [3.05, 3.63) is 42.1 Å². The largest absolute Gasteiger partial charge is 0.496 e. The molecule has 0 bridgehead atoms. The Balaban J connectivity index is 2.42. The molecule has 21 heavy (non-hydrogen) atoms. The lowest BCUT2D eigenvalue weighted by Gasteiger charge is -2.33. The molecule has 1 saturated heterocycles. The van der Waals surface area contributed by atoms with Crippen molar-refractivity contribution in [1.82, 2.24) is 10.6 Å². The summed E-state index contributed by atoms with van der Waals surface area (Å²) in [5, 5.41) is 5.26. The first-order valence-corrected chi connectivity index (χ1v) is 6.64. The van der Waals surface area contributed by atoms with Crippen LogP contribution in [0, 0.1) is 5.92 Å². The van der Waals surface area contributed by atoms with Crippen molar-refractivity contribution in [2.45, 2.75) is 13.0 Å². The Hall–Kier alpha value is -2.50. The Kier molecular flexibility index (Phi) is 4.47. The number of nitrogens with one attached hydrogen (secondary N) is 2. The van der Waals surface area contributed by atoms with Gasteiger partial charge in [-0.15, -0.1) is 0 Å². The van der Waals surface area contributed by atoms with Crippen molar-refractivity contribution < 1.29 is 19.1 Å². The molecule has 0 radical (unpaired) electrons. The molecule has 1 aliphatic rings. The standard InChI is InChI=1S/C15H18N2O4/c1-4-21-14(18)12-9(2)16-15(19)17-13(12)10-7-5-6-8-11(10)20-3/h5-8,12-13H,2,4H2,1,3H3,(H2,16,17,19). The van der Waals surface area contributed by atoms with Crippen LogP contribution in [0.3, 0.4) is 0 Å². The predicted molar refractivity (Wildman–Crippen MR) is 76.7 cm³/mol. The maximum absolute atomic E-state index is 12.2. The van der Waals surface area contributed by atoms with Gasteiger partial charge in [0, 0.05) is 11.3 Å². The number of hydrogen-bond acceptors (Lipinski definition) is 4. The van der Waals surface area contributed by atoms with Gasteiger partial charge in [0.25, 0.3) is 0 Å². The third-order valence-electron chi connectivity index (χ3n) is 3.28. The van der Waals surface area contributed by atoms with E-state index in [2.05, 4.69) is 17.2 Å². The molecular weight excluding hydrogens is 272 g/mol. The van der Waals surface area contributed by atoms with Crippen molar-refractivity contribution in [2.75, 3.05) is 13.7 Å². The van der Waals surface area contributed by atoms with Crippen molar-refractivity contribution in [1.29, 1.82) is 0 Å². The molecule has 0 saturated carbocycles. The number of ether oxygens (including phenoxy) is 2. The van der Waals surface area contributed by atoms with Gasteiger partial charge in [-0.3, -0.25) is 4.79 Å². The summed E-state index contributed by atoms with van der Waals surface area (Å²) in [6.07, 6.45) is 0. The van der Waals surface area contributed by atoms with Gasteiger partial charge in [0.05, 0.1) is 19.8 Å². The van der Waals surface area contributed by atoms with E-state index in [-0.39, 0.29) is 6.61 Å². The van der Waals surface area contributed by atoms with Gasteiger partial charge < -0.3 is 20.1 Å². The summed E-state index contributed by atoms with van der Waals surface area (Å²) in [5.41, 5.74) is 1.02. The molecule has 2 unspecified atom stereocenters. The van der Waals surface area contributed by atoms with E-state index in [4.69, 9.17) is 9.47 Å². The average molecular weight is 290 g/mol. The molecule has 2 rings (SSSR count). The highest BCUT2D eigenvalue weighted by Gasteiger charge is 2.39. The normalized spacial score (nSPS) is 21.2. The van der Waals surface area contributed by atoms with Crippen LogP contribution in [0.2, 0.25) is 0 Å². The minimum atomic E-state index is -0.709. The Morgan fingerprint density at radius 2 is 2.10 bits per heavy atom. The number of para-hydroxylation sites is 1. The van der Waals surface area contributed by atoms with E-state index in [1.807, 2.05) is 12.1 Å². The third-order valence-corrected chi connectivity index (χ3v) is 3.28. The first-order valence-electron chi connectivity index (χ1n) is 6.64. The monoisotopic (exact) mass is 290 g/mol. The van der Waals surface area contributed by atoms with Gasteiger partial charge in [-0.2, -0.15) is 0 Å². The van der Waals surface area contributed by atoms with Gasteiger partial charge in [0.1, 0.15) is 11.7 Å². The van der Waals surface area contributed by atoms with Crippen molar-refractivity contribution in [3.63, 3.8) is 0 Å². The average Bonchev–Trinajstić information content (AvgIpc) is 2.46. The zero-order valence-electron chi connectivity index (χ0n) is 12.0. The lowest BCUT2D eigenvalue weighted by molar-refractivity contribution is -0.147. The second kappa shape index (κ2) is 6.30. The van der Waals surface area contributed by atoms with E-state index in [1.165, 1.54) is 7.11 Å². The lowest BCUT2D eigenvalue weighted by Crippen LogP contribution is -2.51. The van der Waals surface area contributed by atoms with Crippen molar-refractivity contribution in [2.24, 2.45) is 5.92 Å². The van der Waals surface area contributed by atoms with Crippen LogP contribution in [0.15, 0.2) is 36.5 Å². The fourth-order valence-electron chi connectivity index (χ4n) is 2.38. The summed E-state index contributed by atoms with van der Waals surface area (Å²) in [5.74, 6) is -0.559. The van der Waals surface area contributed by atoms with E-state index in [9.17, 15) is 9.59 Å². The zero-order chi connectivity index (χ0) is 15.4. The minimum absolute atomic E-state index is 0.259. The second-order valence-electron chi connectivity index (χ2n) is 4.57. The molecule has 1 fully saturated rings. The molecule has 112 valence electrons. The maximum Gasteiger partial charge on any atom is 0.319 e. The molecule has 2 amide bonds. The number of hydrogen-bond donors (Lipinski definition) is 2. The van der Waals surface area contributed by atoms with E-state index in [1.54, 1.807) is 19.1 Å². The SMILES string of the molecule is C=C1NC(=O)NC(c2ccccc2OC)C1C(=O)OCC. The zero-order valence-corrected chi connectivity index (χ0v) is 12.0. The summed E-state index contributed by atoms with van der Waals surface area (Å²) in [7, 11) is 1.54. The number of urea groups is 1. The fourth-order valence-corrected chi connectivity index (χ4v) is 2.38. The number of esters is 1. The first-order chi connectivity index (χ1) is 10.1. The number of amides is 2. The third kappa shape index (κ3) is 2.99. The Morgan fingerprint density at radius 1 is 1.38 bits per heavy atom. The number of carbonyl (C=O) groups is 2. The smallest absolute Gasteiger partial charge is 0.319 e. The molecule has 1 heterocycles. The van der Waals surface area contributed by atoms with Crippen LogP contribution in [-0.2, 0) is 9.53 Å². The Labute approximate surface area is 123 Å². The Bertz CT molecular complexity index is 571. The van der Waals surface area contributed by atoms with Crippen LogP contribution in [0.1, 0.15) is 18.5 Å². The van der Waals surface area contributed by atoms with Gasteiger partial charge in [0.15, 0.2) is 0 Å². The number of carbonyl (C=O) groups excluding carboxylic acids is 2. The van der Waals surface area contributed by atoms with Crippen LogP contribution in [0.4, 0.5) is 4.79 Å². The highest BCUT2D eigenvalue weighted by Crippen LogP contribution is 2.35. The van der Waals surface area contributed by atoms with Crippen LogP contribution in [-0.4, -0.2) is 25.7 Å². The van der Waals surface area contributed by atoms with Crippen LogP contribution >= 0.6 is 0 Å². The lowest BCUT2D eigenvalue weighted by atomic mass is 9.88. The highest BCUT2D eigenvalue weighted by molar-refractivity contribution is 5.85. The minimum Gasteiger partial charge on any atom is -0.496 e. The molecule has 6 nitrogen and oxygen atoms in total. The molecular formula is C15H18N2O4. The summed E-state index contributed by atoms with van der Waals surface area (Å²) < 4.78 is 10.4. The van der Waals surface area contributed by atoms with E-state index in [0.29, 0.717) is 17.0 Å². The number of rotatable bonds is 4. The van der Waals surface area contributed by atoms with Gasteiger partial charge in [-0.1, -0.05) is 24.8 Å². The first kappa shape index (κ1) is 14.9. The molecule has 1 aromatic rings. The van der Waals surface area contributed by atoms with Crippen LogP contribution in [0.25, 0.3) is 0 Å². The summed E-state index contributed by atoms with van der Waals surface area (Å²) in [6, 6.07) is 6.22. The number of methoxy groups -OCH3 is 1. The van der Waals surface area contributed by atoms with Gasteiger partial charge in [-0.25, -0.2) is 4.79 Å². The van der Waals surface area contributed by atoms with E-state index >= 15 is 0 Å². The summed E-state index contributed by atoms with van der Waals surface area (Å²) in [4.78, 5) is 23.9. The van der Waals surface area contributed by atoms with E-state index in [0.717, 1.165) is 0 Å². The van der Waals surface area contributed by atoms with Crippen molar-refractivity contribution in [3.8, 4) is 5.75 Å². The molecule has 2 atom stereocenters. The van der Waals surface area contributed by atoms with Crippen molar-refractivity contribution >= 4 is 12.0 Å². The van der Waals surface area contributed by atoms with E-state index < -0.39 is 24.0 Å². The number of benzene rings is 1. The predicted octanol–water partition coefficient (Wildman–Crippen LogP) is 1.74. The fraction of sp³-hybridized carbons (Fsp3) is 0.333. The molecule has 0 aliphatic carbocycles. The van der Waals surface area contributed by atoms with Gasteiger partial charge in [-0.05, 0) is 13.0 Å². The summed E-state index contributed by atoms with van der Waals surface area (Å²) >= 11 is 0. The van der Waals surface area contributed by atoms with Gasteiger partial charge >= 0.3 is 12.0 Å². The van der Waals surface area contributed by atoms with Crippen LogP contribution < -0.4 is 15.4 Å². The maximum atomic E-state index is 12.2. The molecule has 1 aromatic carbocycles. The quantitative estimate of drug-likeness (QED) is 0.828. The molecule has 2 N–H and O–H groups in total. The molecule has 1 aliphatic heterocycles. The van der Waals surface area contributed by atoms with Gasteiger partial charge in [0.2, 0.25) is 0 Å². The van der Waals surface area contributed by atoms with Crippen LogP contribution in [0.5, 0.6) is 5.75 Å². The summed E-state index contributed by atoms with van der Waals surface area (Å²) in [6.45, 7) is 5.76. The molecule has 0 spiro atoms. The second-order valence-corrected chi connectivity index (χ2v) is 4.57. The molecule has 6 heteroatoms. The topological polar surface area (TPSA) is 76.7 Å². The highest BCUT2D eigenvalue weighted by atomic mass is 16.5. The molecule has 0 aromatic heterocycles.